The van der Waals surface area contributed by atoms with Crippen LogP contribution in [0.5, 0.6) is 0 Å². The van der Waals surface area contributed by atoms with Gasteiger partial charge in [0.1, 0.15) is 12.8 Å². The quantitative estimate of drug-likeness (QED) is 0.344. The molecule has 0 spiro atoms. The Morgan fingerprint density at radius 3 is 2.00 bits per heavy atom. The fourth-order valence-electron chi connectivity index (χ4n) is 2.70. The molecule has 0 bridgehead atoms. The van der Waals surface area contributed by atoms with Gasteiger partial charge in [0.25, 0.3) is 0 Å². The van der Waals surface area contributed by atoms with Gasteiger partial charge in [-0.3, -0.25) is 14.4 Å². The summed E-state index contributed by atoms with van der Waals surface area (Å²) in [6, 6.07) is 6.84. The number of nitrogens with one attached hydrogen (secondary N) is 3. The molecule has 1 rings (SSSR count). The topological polar surface area (TPSA) is 145 Å². The van der Waals surface area contributed by atoms with E-state index in [9.17, 15) is 14.4 Å². The van der Waals surface area contributed by atoms with Crippen LogP contribution in [-0.2, 0) is 41.9 Å². The molecule has 0 aromatic heterocycles. The predicted octanol–water partition coefficient (Wildman–Crippen LogP) is 2.42. The third-order valence-electron chi connectivity index (χ3n) is 4.52. The van der Waals surface area contributed by atoms with Crippen molar-refractivity contribution in [1.29, 1.82) is 0 Å². The Morgan fingerprint density at radius 2 is 1.60 bits per heavy atom. The van der Waals surface area contributed by atoms with Crippen molar-refractivity contribution in [3.05, 3.63) is 35.6 Å². The van der Waals surface area contributed by atoms with E-state index in [1.54, 1.807) is 27.7 Å². The molecule has 3 amide bonds. The zero-order valence-electron chi connectivity index (χ0n) is 18.7. The Kier molecular flexibility index (Phi) is 13.5. The summed E-state index contributed by atoms with van der Waals surface area (Å²) in [5.74, 6) is -1.32. The summed E-state index contributed by atoms with van der Waals surface area (Å²) in [6.45, 7) is 9.85. The minimum absolute atomic E-state index is 0. The standard InChI is InChI=1S/C13H25N3O4.C8H10N.W/c1-8(9(18)15-7-17)16-11(20)13(4,5)6-12(2,3)10(14)19;1-2-7-3-5-8(9)6-4-7;/h8,17H,6-7H2,1-5H3,(H2,14,19)(H,15,18)(H,16,20);3-6,9H,2H2,1H3;/q;-1;. The first-order chi connectivity index (χ1) is 13.3. The van der Waals surface area contributed by atoms with Crippen molar-refractivity contribution >= 4 is 23.4 Å². The van der Waals surface area contributed by atoms with Gasteiger partial charge >= 0.3 is 0 Å². The van der Waals surface area contributed by atoms with Crippen LogP contribution in [0.4, 0.5) is 5.69 Å². The molecule has 0 saturated carbocycles. The van der Waals surface area contributed by atoms with Gasteiger partial charge in [0.05, 0.1) is 0 Å². The minimum atomic E-state index is -0.855. The van der Waals surface area contributed by atoms with Crippen LogP contribution < -0.4 is 16.4 Å². The Balaban J connectivity index is 0. The second-order valence-electron chi connectivity index (χ2n) is 8.25. The van der Waals surface area contributed by atoms with Crippen LogP contribution in [0.25, 0.3) is 5.73 Å². The molecule has 0 aliphatic rings. The van der Waals surface area contributed by atoms with Gasteiger partial charge in [0.2, 0.25) is 17.7 Å². The molecular formula is C21H35N4O4W-. The van der Waals surface area contributed by atoms with E-state index < -0.39 is 35.4 Å². The van der Waals surface area contributed by atoms with E-state index in [-0.39, 0.29) is 33.4 Å². The van der Waals surface area contributed by atoms with Gasteiger partial charge in [-0.1, -0.05) is 58.9 Å². The van der Waals surface area contributed by atoms with Crippen LogP contribution in [0, 0.1) is 10.8 Å². The number of carbonyl (C=O) groups is 3. The Bertz CT molecular complexity index is 691. The number of rotatable bonds is 8. The Morgan fingerprint density at radius 1 is 1.10 bits per heavy atom. The summed E-state index contributed by atoms with van der Waals surface area (Å²) in [6.07, 6.45) is 1.32. The second-order valence-corrected chi connectivity index (χ2v) is 8.25. The third-order valence-corrected chi connectivity index (χ3v) is 4.52. The van der Waals surface area contributed by atoms with E-state index in [4.69, 9.17) is 16.6 Å². The number of aliphatic hydroxyl groups excluding tert-OH is 1. The Hall–Kier alpha value is -1.92. The first-order valence-electron chi connectivity index (χ1n) is 9.56. The molecule has 1 aromatic rings. The van der Waals surface area contributed by atoms with Crippen molar-refractivity contribution in [2.45, 2.75) is 60.4 Å². The number of amides is 3. The van der Waals surface area contributed by atoms with E-state index >= 15 is 0 Å². The normalized spacial score (nSPS) is 11.8. The van der Waals surface area contributed by atoms with Crippen molar-refractivity contribution < 1.29 is 40.6 Å². The van der Waals surface area contributed by atoms with Crippen LogP contribution in [-0.4, -0.2) is 35.6 Å². The zero-order chi connectivity index (χ0) is 22.8. The monoisotopic (exact) mass is 591 g/mol. The van der Waals surface area contributed by atoms with E-state index in [2.05, 4.69) is 17.6 Å². The van der Waals surface area contributed by atoms with Crippen molar-refractivity contribution in [2.24, 2.45) is 16.6 Å². The second kappa shape index (κ2) is 13.4. The molecule has 9 heteroatoms. The van der Waals surface area contributed by atoms with Crippen LogP contribution in [0.1, 0.15) is 53.5 Å². The fourth-order valence-corrected chi connectivity index (χ4v) is 2.70. The van der Waals surface area contributed by atoms with E-state index in [0.29, 0.717) is 5.69 Å². The third kappa shape index (κ3) is 10.7. The SMILES string of the molecule is CC(NC(=O)C(C)(C)CC(C)(C)C(N)=O)C(=O)NCO.CCc1ccc([NH-])cc1.[W]. The maximum Gasteiger partial charge on any atom is 0.244 e. The number of hydrogen-bond acceptors (Lipinski definition) is 4. The number of benzene rings is 1. The van der Waals surface area contributed by atoms with Gasteiger partial charge in [-0.2, -0.15) is 0 Å². The summed E-state index contributed by atoms with van der Waals surface area (Å²) >= 11 is 0. The van der Waals surface area contributed by atoms with Crippen LogP contribution >= 0.6 is 0 Å². The van der Waals surface area contributed by atoms with E-state index in [1.807, 2.05) is 24.3 Å². The number of primary amides is 1. The maximum absolute atomic E-state index is 12.2. The predicted molar refractivity (Wildman–Crippen MR) is 114 cm³/mol. The van der Waals surface area contributed by atoms with Gasteiger partial charge in [0.15, 0.2) is 0 Å². The average Bonchev–Trinajstić information content (AvgIpc) is 2.62. The van der Waals surface area contributed by atoms with Gasteiger partial charge in [-0.15, -0.1) is 5.69 Å². The van der Waals surface area contributed by atoms with Crippen LogP contribution in [0.2, 0.25) is 0 Å². The van der Waals surface area contributed by atoms with Gasteiger partial charge in [-0.25, -0.2) is 0 Å². The largest absolute Gasteiger partial charge is 0.699 e. The molecule has 1 atom stereocenters. The van der Waals surface area contributed by atoms with E-state index in [0.717, 1.165) is 6.42 Å². The molecule has 0 fully saturated rings. The van der Waals surface area contributed by atoms with E-state index in [1.165, 1.54) is 12.5 Å². The minimum Gasteiger partial charge on any atom is -0.699 e. The Labute approximate surface area is 193 Å². The molecule has 170 valence electrons. The summed E-state index contributed by atoms with van der Waals surface area (Å²) in [5.41, 5.74) is 12.7. The molecule has 30 heavy (non-hydrogen) atoms. The zero-order valence-corrected chi connectivity index (χ0v) is 21.6. The number of aryl methyl sites for hydroxylation is 1. The molecule has 1 aromatic carbocycles. The smallest absolute Gasteiger partial charge is 0.244 e. The first kappa shape index (κ1) is 30.3. The average molecular weight is 591 g/mol. The summed E-state index contributed by atoms with van der Waals surface area (Å²) < 4.78 is 0. The van der Waals surface area contributed by atoms with Gasteiger partial charge in [-0.05, 0) is 25.3 Å². The number of aliphatic hydroxyl groups is 1. The molecule has 0 heterocycles. The maximum atomic E-state index is 12.2. The van der Waals surface area contributed by atoms with Crippen molar-refractivity contribution in [3.8, 4) is 0 Å². The number of carbonyl (C=O) groups excluding carboxylic acids is 3. The van der Waals surface area contributed by atoms with Crippen molar-refractivity contribution in [1.82, 2.24) is 10.6 Å². The van der Waals surface area contributed by atoms with Crippen LogP contribution in [0.3, 0.4) is 0 Å². The fraction of sp³-hybridized carbons (Fsp3) is 0.571. The molecule has 0 radical (unpaired) electrons. The molecule has 8 nitrogen and oxygen atoms in total. The van der Waals surface area contributed by atoms with Crippen molar-refractivity contribution in [3.63, 3.8) is 0 Å². The summed E-state index contributed by atoms with van der Waals surface area (Å²) in [7, 11) is 0. The van der Waals surface area contributed by atoms with Gasteiger partial charge < -0.3 is 27.2 Å². The number of hydrogen-bond donors (Lipinski definition) is 4. The molecule has 6 N–H and O–H groups in total. The molecule has 1 unspecified atom stereocenters. The van der Waals surface area contributed by atoms with Crippen LogP contribution in [0.15, 0.2) is 24.3 Å². The summed E-state index contributed by atoms with van der Waals surface area (Å²) in [4.78, 5) is 35.0. The molecular weight excluding hydrogens is 556 g/mol. The summed E-state index contributed by atoms with van der Waals surface area (Å²) in [5, 5.41) is 13.3. The van der Waals surface area contributed by atoms with Gasteiger partial charge in [0, 0.05) is 31.9 Å². The number of nitrogens with two attached hydrogens (primary N) is 1. The first-order valence-corrected chi connectivity index (χ1v) is 9.56. The molecule has 0 aliphatic carbocycles. The molecule has 0 saturated heterocycles. The van der Waals surface area contributed by atoms with Crippen molar-refractivity contribution in [2.75, 3.05) is 6.73 Å². The molecule has 0 aliphatic heterocycles.